The summed E-state index contributed by atoms with van der Waals surface area (Å²) < 4.78 is 6.54. The number of hydrogen-bond acceptors (Lipinski definition) is 5. The molecule has 0 spiro atoms. The first-order valence-electron chi connectivity index (χ1n) is 10.3. The Morgan fingerprint density at radius 3 is 2.62 bits per heavy atom. The number of nitrogens with zero attached hydrogens (tertiary/aromatic N) is 3. The number of carbonyl (C=O) groups excluding carboxylic acids is 1. The maximum absolute atomic E-state index is 13.0. The van der Waals surface area contributed by atoms with Gasteiger partial charge in [-0.05, 0) is 57.1 Å². The third-order valence-corrected chi connectivity index (χ3v) is 6.69. The summed E-state index contributed by atoms with van der Waals surface area (Å²) in [6.45, 7) is 4.14. The number of ether oxygens (including phenoxy) is 1. The van der Waals surface area contributed by atoms with E-state index >= 15 is 0 Å². The molecule has 1 aromatic heterocycles. The van der Waals surface area contributed by atoms with Crippen molar-refractivity contribution >= 4 is 5.91 Å². The smallest absolute Gasteiger partial charge is 0.255 e. The molecule has 0 aliphatic carbocycles. The second-order valence-corrected chi connectivity index (χ2v) is 8.98. The molecule has 2 bridgehead atoms. The SMILES string of the molecule is CN(C(=O)c1ccnnc1)[C@H]1CC[C@@]2(C)C[C@H](c3ccccc3)C[C@](C)(O2)[C@@H]1O. The van der Waals surface area contributed by atoms with E-state index < -0.39 is 11.7 Å². The molecule has 0 radical (unpaired) electrons. The average molecular weight is 396 g/mol. The predicted molar refractivity (Wildman–Crippen MR) is 109 cm³/mol. The van der Waals surface area contributed by atoms with Crippen LogP contribution < -0.4 is 0 Å². The van der Waals surface area contributed by atoms with Gasteiger partial charge in [0, 0.05) is 7.05 Å². The molecular weight excluding hydrogens is 366 g/mol. The highest BCUT2D eigenvalue weighted by molar-refractivity contribution is 5.93. The van der Waals surface area contributed by atoms with Gasteiger partial charge in [0.1, 0.15) is 6.10 Å². The van der Waals surface area contributed by atoms with Crippen LogP contribution in [0.1, 0.15) is 61.4 Å². The van der Waals surface area contributed by atoms with E-state index in [1.54, 1.807) is 18.0 Å². The minimum atomic E-state index is -0.778. The van der Waals surface area contributed by atoms with Gasteiger partial charge in [0.15, 0.2) is 0 Å². The lowest BCUT2D eigenvalue weighted by molar-refractivity contribution is -0.214. The van der Waals surface area contributed by atoms with Crippen molar-refractivity contribution in [3.05, 3.63) is 59.9 Å². The standard InChI is InChI=1S/C23H29N3O3/c1-22-11-9-19(26(3)21(28)17-10-12-24-25-15-17)20(27)23(2,29-22)14-18(13-22)16-7-5-4-6-8-16/h4-8,10,12,15,18-20,27H,9,11,13-14H2,1-3H3/t18-,19-,20+,22-,23-/m0/s1. The van der Waals surface area contributed by atoms with Gasteiger partial charge in [0.25, 0.3) is 5.91 Å². The number of rotatable bonds is 3. The van der Waals surface area contributed by atoms with Gasteiger partial charge in [-0.3, -0.25) is 4.79 Å². The molecule has 2 aliphatic rings. The minimum absolute atomic E-state index is 0.159. The van der Waals surface area contributed by atoms with Gasteiger partial charge >= 0.3 is 0 Å². The number of carbonyl (C=O) groups is 1. The third kappa shape index (κ3) is 3.79. The number of fused-ring (bicyclic) bond motifs is 2. The van der Waals surface area contributed by atoms with E-state index in [-0.39, 0.29) is 17.6 Å². The molecule has 4 rings (SSSR count). The number of aliphatic hydroxyl groups excluding tert-OH is 1. The van der Waals surface area contributed by atoms with Crippen molar-refractivity contribution in [2.45, 2.75) is 68.8 Å². The number of aromatic nitrogens is 2. The first-order valence-corrected chi connectivity index (χ1v) is 10.3. The van der Waals surface area contributed by atoms with Crippen LogP contribution in [0.4, 0.5) is 0 Å². The quantitative estimate of drug-likeness (QED) is 0.864. The van der Waals surface area contributed by atoms with E-state index in [9.17, 15) is 9.90 Å². The molecule has 3 heterocycles. The Morgan fingerprint density at radius 1 is 1.17 bits per heavy atom. The number of aliphatic hydroxyl groups is 1. The van der Waals surface area contributed by atoms with Crippen molar-refractivity contribution in [3.8, 4) is 0 Å². The van der Waals surface area contributed by atoms with E-state index in [4.69, 9.17) is 4.74 Å². The zero-order valence-electron chi connectivity index (χ0n) is 17.3. The van der Waals surface area contributed by atoms with Gasteiger partial charge in [-0.2, -0.15) is 10.2 Å². The predicted octanol–water partition coefficient (Wildman–Crippen LogP) is 3.18. The number of likely N-dealkylation sites (N-methyl/N-ethyl adjacent to an activating group) is 1. The highest BCUT2D eigenvalue weighted by Gasteiger charge is 2.54. The van der Waals surface area contributed by atoms with Crippen LogP contribution in [0.5, 0.6) is 0 Å². The zero-order valence-corrected chi connectivity index (χ0v) is 17.3. The summed E-state index contributed by atoms with van der Waals surface area (Å²) in [5, 5.41) is 19.0. The highest BCUT2D eigenvalue weighted by atomic mass is 16.5. The molecule has 2 aromatic rings. The van der Waals surface area contributed by atoms with Crippen LogP contribution in [-0.4, -0.2) is 56.5 Å². The van der Waals surface area contributed by atoms with Gasteiger partial charge < -0.3 is 14.7 Å². The molecule has 6 heteroatoms. The summed E-state index contributed by atoms with van der Waals surface area (Å²) in [4.78, 5) is 14.6. The Balaban J connectivity index is 1.62. The highest BCUT2D eigenvalue weighted by Crippen LogP contribution is 2.50. The largest absolute Gasteiger partial charge is 0.388 e. The van der Waals surface area contributed by atoms with Crippen molar-refractivity contribution in [2.24, 2.45) is 0 Å². The Labute approximate surface area is 171 Å². The monoisotopic (exact) mass is 395 g/mol. The van der Waals surface area contributed by atoms with Crippen LogP contribution in [0.15, 0.2) is 48.8 Å². The van der Waals surface area contributed by atoms with E-state index in [0.717, 1.165) is 19.3 Å². The fourth-order valence-corrected chi connectivity index (χ4v) is 5.22. The second-order valence-electron chi connectivity index (χ2n) is 8.98. The van der Waals surface area contributed by atoms with Gasteiger partial charge in [-0.25, -0.2) is 0 Å². The Hall–Kier alpha value is -2.31. The molecule has 0 unspecified atom stereocenters. The maximum atomic E-state index is 13.0. The first kappa shape index (κ1) is 20.0. The van der Waals surface area contributed by atoms with Gasteiger partial charge in [-0.15, -0.1) is 0 Å². The molecule has 154 valence electrons. The average Bonchev–Trinajstić information content (AvgIpc) is 2.80. The van der Waals surface area contributed by atoms with E-state index in [1.165, 1.54) is 18.0 Å². The molecule has 6 nitrogen and oxygen atoms in total. The molecule has 5 atom stereocenters. The maximum Gasteiger partial charge on any atom is 0.255 e. The van der Waals surface area contributed by atoms with E-state index in [1.807, 2.05) is 13.0 Å². The summed E-state index contributed by atoms with van der Waals surface area (Å²) in [6, 6.07) is 11.8. The Morgan fingerprint density at radius 2 is 1.93 bits per heavy atom. The third-order valence-electron chi connectivity index (χ3n) is 6.69. The minimum Gasteiger partial charge on any atom is -0.388 e. The zero-order chi connectivity index (χ0) is 20.6. The summed E-state index contributed by atoms with van der Waals surface area (Å²) in [5.74, 6) is 0.160. The summed E-state index contributed by atoms with van der Waals surface area (Å²) in [5.41, 5.74) is 0.706. The molecule has 2 fully saturated rings. The molecule has 2 saturated heterocycles. The van der Waals surface area contributed by atoms with Crippen molar-refractivity contribution in [1.82, 2.24) is 15.1 Å². The molecule has 2 aliphatic heterocycles. The van der Waals surface area contributed by atoms with Crippen LogP contribution in [0.25, 0.3) is 0 Å². The van der Waals surface area contributed by atoms with Gasteiger partial charge in [-0.1, -0.05) is 30.3 Å². The first-order chi connectivity index (χ1) is 13.8. The second kappa shape index (κ2) is 7.50. The fourth-order valence-electron chi connectivity index (χ4n) is 5.22. The number of amides is 1. The molecule has 1 amide bonds. The van der Waals surface area contributed by atoms with Crippen molar-refractivity contribution in [2.75, 3.05) is 7.05 Å². The molecule has 1 aromatic carbocycles. The van der Waals surface area contributed by atoms with Crippen LogP contribution in [0, 0.1) is 0 Å². The Bertz CT molecular complexity index is 862. The lowest BCUT2D eigenvalue weighted by Gasteiger charge is -2.49. The molecular formula is C23H29N3O3. The van der Waals surface area contributed by atoms with E-state index in [2.05, 4.69) is 41.4 Å². The van der Waals surface area contributed by atoms with Gasteiger partial charge in [0.05, 0.1) is 35.2 Å². The number of benzene rings is 1. The lowest BCUT2D eigenvalue weighted by atomic mass is 9.74. The molecule has 29 heavy (non-hydrogen) atoms. The topological polar surface area (TPSA) is 75.6 Å². The molecule has 1 N–H and O–H groups in total. The summed E-state index contributed by atoms with van der Waals surface area (Å²) in [6.07, 6.45) is 5.31. The van der Waals surface area contributed by atoms with Crippen molar-refractivity contribution in [1.29, 1.82) is 0 Å². The van der Waals surface area contributed by atoms with Crippen molar-refractivity contribution < 1.29 is 14.6 Å². The van der Waals surface area contributed by atoms with E-state index in [0.29, 0.717) is 17.9 Å². The Kier molecular flexibility index (Phi) is 5.17. The van der Waals surface area contributed by atoms with Crippen LogP contribution in [0.3, 0.4) is 0 Å². The number of hydrogen-bond donors (Lipinski definition) is 1. The normalized spacial score (nSPS) is 34.3. The van der Waals surface area contributed by atoms with Crippen LogP contribution in [-0.2, 0) is 4.74 Å². The van der Waals surface area contributed by atoms with Crippen LogP contribution >= 0.6 is 0 Å². The fraction of sp³-hybridized carbons (Fsp3) is 0.522. The lowest BCUT2D eigenvalue weighted by Crippen LogP contribution is -2.57. The summed E-state index contributed by atoms with van der Waals surface area (Å²) >= 11 is 0. The van der Waals surface area contributed by atoms with Gasteiger partial charge in [0.2, 0.25) is 0 Å². The van der Waals surface area contributed by atoms with Crippen LogP contribution in [0.2, 0.25) is 0 Å². The molecule has 0 saturated carbocycles. The summed E-state index contributed by atoms with van der Waals surface area (Å²) in [7, 11) is 1.76. The van der Waals surface area contributed by atoms with Crippen molar-refractivity contribution in [3.63, 3.8) is 0 Å².